The minimum Gasteiger partial charge on any atom is -0.351 e. The first-order chi connectivity index (χ1) is 6.65. The van der Waals surface area contributed by atoms with E-state index < -0.39 is 0 Å². The Balaban J connectivity index is 2.21. The summed E-state index contributed by atoms with van der Waals surface area (Å²) in [7, 11) is 0. The highest BCUT2D eigenvalue weighted by Crippen LogP contribution is 2.32. The van der Waals surface area contributed by atoms with E-state index >= 15 is 0 Å². The fraction of sp³-hybridized carbons (Fsp3) is 0.727. The molecule has 0 aromatic heterocycles. The van der Waals surface area contributed by atoms with Crippen LogP contribution in [0.2, 0.25) is 0 Å². The predicted molar refractivity (Wildman–Crippen MR) is 58.0 cm³/mol. The van der Waals surface area contributed by atoms with Crippen molar-refractivity contribution in [1.82, 2.24) is 10.6 Å². The van der Waals surface area contributed by atoms with Crippen molar-refractivity contribution in [3.05, 3.63) is 12.7 Å². The highest BCUT2D eigenvalue weighted by atomic mass is 16.2. The zero-order valence-electron chi connectivity index (χ0n) is 9.05. The van der Waals surface area contributed by atoms with Crippen molar-refractivity contribution in [3.8, 4) is 0 Å². The summed E-state index contributed by atoms with van der Waals surface area (Å²) in [4.78, 5) is 11.5. The Hall–Kier alpha value is -0.830. The number of amides is 1. The molecular weight excluding hydrogens is 176 g/mol. The Morgan fingerprint density at radius 2 is 2.21 bits per heavy atom. The van der Waals surface area contributed by atoms with E-state index in [-0.39, 0.29) is 11.9 Å². The third kappa shape index (κ3) is 3.50. The van der Waals surface area contributed by atoms with Crippen molar-refractivity contribution in [2.24, 2.45) is 5.92 Å². The van der Waals surface area contributed by atoms with Crippen molar-refractivity contribution < 1.29 is 4.79 Å². The second kappa shape index (κ2) is 5.15. The van der Waals surface area contributed by atoms with E-state index in [1.807, 2.05) is 6.92 Å². The van der Waals surface area contributed by atoms with Gasteiger partial charge in [0.25, 0.3) is 0 Å². The number of carbonyl (C=O) groups is 1. The maximum atomic E-state index is 11.5. The molecule has 2 atom stereocenters. The Morgan fingerprint density at radius 3 is 2.71 bits per heavy atom. The van der Waals surface area contributed by atoms with Crippen LogP contribution in [0.4, 0.5) is 0 Å². The van der Waals surface area contributed by atoms with Gasteiger partial charge in [-0.05, 0) is 32.6 Å². The van der Waals surface area contributed by atoms with Crippen molar-refractivity contribution in [3.63, 3.8) is 0 Å². The van der Waals surface area contributed by atoms with Crippen LogP contribution in [-0.4, -0.2) is 24.5 Å². The van der Waals surface area contributed by atoms with Gasteiger partial charge in [-0.3, -0.25) is 4.79 Å². The molecule has 0 radical (unpaired) electrons. The van der Waals surface area contributed by atoms with E-state index in [2.05, 4.69) is 24.1 Å². The molecule has 0 aromatic rings. The third-order valence-corrected chi connectivity index (χ3v) is 2.66. The van der Waals surface area contributed by atoms with Crippen LogP contribution in [-0.2, 0) is 4.79 Å². The average molecular weight is 196 g/mol. The van der Waals surface area contributed by atoms with Crippen LogP contribution >= 0.6 is 0 Å². The molecule has 1 fully saturated rings. The van der Waals surface area contributed by atoms with Crippen molar-refractivity contribution in [1.29, 1.82) is 0 Å². The molecule has 14 heavy (non-hydrogen) atoms. The molecule has 1 aliphatic carbocycles. The Morgan fingerprint density at radius 1 is 1.57 bits per heavy atom. The molecule has 80 valence electrons. The lowest BCUT2D eigenvalue weighted by Gasteiger charge is -2.18. The fourth-order valence-electron chi connectivity index (χ4n) is 1.53. The van der Waals surface area contributed by atoms with Gasteiger partial charge in [0.2, 0.25) is 5.91 Å². The number of nitrogens with one attached hydrogen (secondary N) is 2. The van der Waals surface area contributed by atoms with Crippen LogP contribution in [0, 0.1) is 5.92 Å². The molecule has 0 aromatic carbocycles. The van der Waals surface area contributed by atoms with Gasteiger partial charge >= 0.3 is 0 Å². The van der Waals surface area contributed by atoms with Crippen molar-refractivity contribution in [2.45, 2.75) is 38.8 Å². The van der Waals surface area contributed by atoms with E-state index in [4.69, 9.17) is 0 Å². The molecule has 1 saturated carbocycles. The highest BCUT2D eigenvalue weighted by molar-refractivity contribution is 5.81. The molecule has 0 spiro atoms. The first-order valence-electron chi connectivity index (χ1n) is 5.29. The molecule has 0 heterocycles. The van der Waals surface area contributed by atoms with E-state index in [0.717, 1.165) is 5.92 Å². The number of carbonyl (C=O) groups excluding carboxylic acids is 1. The molecule has 3 nitrogen and oxygen atoms in total. The molecule has 0 bridgehead atoms. The minimum atomic E-state index is -0.106. The van der Waals surface area contributed by atoms with Crippen LogP contribution in [0.1, 0.15) is 26.7 Å². The maximum absolute atomic E-state index is 11.5. The van der Waals surface area contributed by atoms with Gasteiger partial charge in [0.1, 0.15) is 0 Å². The number of hydrogen-bond donors (Lipinski definition) is 2. The summed E-state index contributed by atoms with van der Waals surface area (Å²) in [5.41, 5.74) is 0. The predicted octanol–water partition coefficient (Wildman–Crippen LogP) is 1.07. The van der Waals surface area contributed by atoms with Gasteiger partial charge < -0.3 is 10.6 Å². The molecule has 2 N–H and O–H groups in total. The maximum Gasteiger partial charge on any atom is 0.237 e. The zero-order valence-corrected chi connectivity index (χ0v) is 9.05. The van der Waals surface area contributed by atoms with Crippen LogP contribution in [0.15, 0.2) is 12.7 Å². The fourth-order valence-corrected chi connectivity index (χ4v) is 1.53. The first kappa shape index (κ1) is 11.2. The first-order valence-corrected chi connectivity index (χ1v) is 5.29. The highest BCUT2D eigenvalue weighted by Gasteiger charge is 2.29. The average Bonchev–Trinajstić information content (AvgIpc) is 2.96. The lowest BCUT2D eigenvalue weighted by Crippen LogP contribution is -2.46. The van der Waals surface area contributed by atoms with E-state index in [1.165, 1.54) is 12.8 Å². The van der Waals surface area contributed by atoms with Gasteiger partial charge in [-0.25, -0.2) is 0 Å². The standard InChI is InChI=1S/C11H20N2O/c1-4-7-12-11(14)9(3)13-8(2)10-5-6-10/h4,8-10,13H,1,5-7H2,2-3H3,(H,12,14). The van der Waals surface area contributed by atoms with Gasteiger partial charge in [-0.15, -0.1) is 6.58 Å². The third-order valence-electron chi connectivity index (χ3n) is 2.66. The molecule has 0 saturated heterocycles. The largest absolute Gasteiger partial charge is 0.351 e. The molecule has 0 aliphatic heterocycles. The van der Waals surface area contributed by atoms with Crippen molar-refractivity contribution in [2.75, 3.05) is 6.54 Å². The molecule has 1 aliphatic rings. The minimum absolute atomic E-state index is 0.0531. The SMILES string of the molecule is C=CCNC(=O)C(C)NC(C)C1CC1. The Labute approximate surface area is 86.0 Å². The molecule has 3 heteroatoms. The summed E-state index contributed by atoms with van der Waals surface area (Å²) in [6.45, 7) is 8.15. The lowest BCUT2D eigenvalue weighted by molar-refractivity contribution is -0.122. The van der Waals surface area contributed by atoms with Gasteiger partial charge in [0.15, 0.2) is 0 Å². The summed E-state index contributed by atoms with van der Waals surface area (Å²) in [6, 6.07) is 0.352. The topological polar surface area (TPSA) is 41.1 Å². The van der Waals surface area contributed by atoms with Gasteiger partial charge in [-0.2, -0.15) is 0 Å². The monoisotopic (exact) mass is 196 g/mol. The van der Waals surface area contributed by atoms with Crippen molar-refractivity contribution >= 4 is 5.91 Å². The van der Waals surface area contributed by atoms with E-state index in [9.17, 15) is 4.79 Å². The van der Waals surface area contributed by atoms with Crippen LogP contribution in [0.25, 0.3) is 0 Å². The Bertz CT molecular complexity index is 211. The lowest BCUT2D eigenvalue weighted by atomic mass is 10.2. The molecular formula is C11H20N2O. The molecule has 1 rings (SSSR count). The summed E-state index contributed by atoms with van der Waals surface area (Å²) >= 11 is 0. The summed E-state index contributed by atoms with van der Waals surface area (Å²) in [6.07, 6.45) is 4.29. The molecule has 2 unspecified atom stereocenters. The smallest absolute Gasteiger partial charge is 0.237 e. The van der Waals surface area contributed by atoms with Crippen LogP contribution in [0.3, 0.4) is 0 Å². The zero-order chi connectivity index (χ0) is 10.6. The number of rotatable bonds is 6. The normalized spacial score (nSPS) is 19.9. The van der Waals surface area contributed by atoms with Crippen LogP contribution < -0.4 is 10.6 Å². The summed E-state index contributed by atoms with van der Waals surface area (Å²) in [5.74, 6) is 0.835. The quantitative estimate of drug-likeness (QED) is 0.624. The van der Waals surface area contributed by atoms with E-state index in [0.29, 0.717) is 12.6 Å². The van der Waals surface area contributed by atoms with Gasteiger partial charge in [-0.1, -0.05) is 6.08 Å². The van der Waals surface area contributed by atoms with E-state index in [1.54, 1.807) is 6.08 Å². The second-order valence-corrected chi connectivity index (χ2v) is 4.05. The summed E-state index contributed by atoms with van der Waals surface area (Å²) < 4.78 is 0. The summed E-state index contributed by atoms with van der Waals surface area (Å²) in [5, 5.41) is 6.08. The van der Waals surface area contributed by atoms with Gasteiger partial charge in [0.05, 0.1) is 6.04 Å². The Kier molecular flexibility index (Phi) is 4.14. The van der Waals surface area contributed by atoms with Gasteiger partial charge in [0, 0.05) is 12.6 Å². The second-order valence-electron chi connectivity index (χ2n) is 4.05. The van der Waals surface area contributed by atoms with Crippen LogP contribution in [0.5, 0.6) is 0 Å². The number of hydrogen-bond acceptors (Lipinski definition) is 2. The molecule has 1 amide bonds.